The number of amides is 1. The average Bonchev–Trinajstić information content (AvgIpc) is 2.66. The molecule has 0 aromatic rings. The lowest BCUT2D eigenvalue weighted by Gasteiger charge is -2.21. The van der Waals surface area contributed by atoms with E-state index in [1.807, 2.05) is 0 Å². The third-order valence-corrected chi connectivity index (χ3v) is 2.36. The number of rotatable bonds is 3. The van der Waals surface area contributed by atoms with Gasteiger partial charge >= 0.3 is 5.97 Å². The molecule has 5 heteroatoms. The predicted molar refractivity (Wildman–Crippen MR) is 51.6 cm³/mol. The van der Waals surface area contributed by atoms with Crippen molar-refractivity contribution in [2.24, 2.45) is 0 Å². The lowest BCUT2D eigenvalue weighted by atomic mass is 10.2. The number of hydrogen-bond donors (Lipinski definition) is 0. The number of carbonyl (C=O) groups excluding carboxylic acids is 2. The normalized spacial score (nSPS) is 19.7. The molecular weight excluding hydrogens is 196 g/mol. The summed E-state index contributed by atoms with van der Waals surface area (Å²) in [6.45, 7) is 2.59. The molecule has 1 fully saturated rings. The van der Waals surface area contributed by atoms with E-state index in [2.05, 4.69) is 0 Å². The highest BCUT2D eigenvalue weighted by Gasteiger charge is 2.34. The third-order valence-electron chi connectivity index (χ3n) is 2.36. The fraction of sp³-hybridized carbons (Fsp3) is 0.700. The molecule has 15 heavy (non-hydrogen) atoms. The van der Waals surface area contributed by atoms with E-state index in [1.54, 1.807) is 13.0 Å². The van der Waals surface area contributed by atoms with Crippen molar-refractivity contribution in [3.05, 3.63) is 0 Å². The molecule has 0 aromatic heterocycles. The van der Waals surface area contributed by atoms with Crippen LogP contribution in [0, 0.1) is 11.3 Å². The zero-order valence-electron chi connectivity index (χ0n) is 8.73. The van der Waals surface area contributed by atoms with Gasteiger partial charge in [0.2, 0.25) is 5.91 Å². The zero-order valence-corrected chi connectivity index (χ0v) is 8.73. The van der Waals surface area contributed by atoms with E-state index >= 15 is 0 Å². The van der Waals surface area contributed by atoms with Crippen LogP contribution in [0.5, 0.6) is 0 Å². The van der Waals surface area contributed by atoms with Gasteiger partial charge in [0.15, 0.2) is 0 Å². The van der Waals surface area contributed by atoms with Crippen LogP contribution in [0.15, 0.2) is 0 Å². The summed E-state index contributed by atoms with van der Waals surface area (Å²) in [7, 11) is 0. The van der Waals surface area contributed by atoms with E-state index in [0.717, 1.165) is 6.42 Å². The molecule has 1 amide bonds. The molecule has 0 bridgehead atoms. The van der Waals surface area contributed by atoms with Crippen LogP contribution in [0.1, 0.15) is 26.2 Å². The number of ether oxygens (including phenoxy) is 1. The first-order chi connectivity index (χ1) is 7.20. The smallest absolute Gasteiger partial charge is 0.328 e. The van der Waals surface area contributed by atoms with Gasteiger partial charge in [-0.3, -0.25) is 4.79 Å². The molecule has 1 unspecified atom stereocenters. The topological polar surface area (TPSA) is 70.4 Å². The second-order valence-electron chi connectivity index (χ2n) is 3.33. The van der Waals surface area contributed by atoms with Gasteiger partial charge in [0.05, 0.1) is 12.7 Å². The Morgan fingerprint density at radius 1 is 1.60 bits per heavy atom. The van der Waals surface area contributed by atoms with E-state index in [9.17, 15) is 9.59 Å². The van der Waals surface area contributed by atoms with E-state index in [0.29, 0.717) is 19.6 Å². The average molecular weight is 210 g/mol. The maximum absolute atomic E-state index is 11.5. The lowest BCUT2D eigenvalue weighted by Crippen LogP contribution is -2.41. The first kappa shape index (κ1) is 11.5. The quantitative estimate of drug-likeness (QED) is 0.634. The monoisotopic (exact) mass is 210 g/mol. The van der Waals surface area contributed by atoms with Crippen molar-refractivity contribution in [3.63, 3.8) is 0 Å². The Kier molecular flexibility index (Phi) is 4.10. The van der Waals surface area contributed by atoms with Crippen LogP contribution in [0.2, 0.25) is 0 Å². The van der Waals surface area contributed by atoms with Gasteiger partial charge in [-0.05, 0) is 19.8 Å². The SMILES string of the molecule is CCOC(=O)C1CCCN1C(=O)CC#N. The summed E-state index contributed by atoms with van der Waals surface area (Å²) < 4.78 is 4.87. The molecule has 1 rings (SSSR count). The van der Waals surface area contributed by atoms with Crippen molar-refractivity contribution < 1.29 is 14.3 Å². The summed E-state index contributed by atoms with van der Waals surface area (Å²) in [6, 6.07) is 1.31. The number of nitrogens with zero attached hydrogens (tertiary/aromatic N) is 2. The number of hydrogen-bond acceptors (Lipinski definition) is 4. The maximum atomic E-state index is 11.5. The van der Waals surface area contributed by atoms with Crippen LogP contribution < -0.4 is 0 Å². The summed E-state index contributed by atoms with van der Waals surface area (Å²) in [4.78, 5) is 24.4. The van der Waals surface area contributed by atoms with Gasteiger partial charge in [-0.25, -0.2) is 4.79 Å². The molecule has 1 saturated heterocycles. The second-order valence-corrected chi connectivity index (χ2v) is 3.33. The van der Waals surface area contributed by atoms with Crippen LogP contribution in [0.25, 0.3) is 0 Å². The largest absolute Gasteiger partial charge is 0.464 e. The zero-order chi connectivity index (χ0) is 11.3. The Morgan fingerprint density at radius 3 is 2.93 bits per heavy atom. The molecule has 5 nitrogen and oxygen atoms in total. The predicted octanol–water partition coefficient (Wildman–Crippen LogP) is 0.454. The van der Waals surface area contributed by atoms with Crippen molar-refractivity contribution in [1.82, 2.24) is 4.90 Å². The highest BCUT2D eigenvalue weighted by atomic mass is 16.5. The standard InChI is InChI=1S/C10H14N2O3/c1-2-15-10(14)8-4-3-7-12(8)9(13)5-6-11/h8H,2-5,7H2,1H3. The molecule has 0 N–H and O–H groups in total. The highest BCUT2D eigenvalue weighted by Crippen LogP contribution is 2.19. The van der Waals surface area contributed by atoms with Crippen LogP contribution in [-0.4, -0.2) is 36.0 Å². The van der Waals surface area contributed by atoms with Gasteiger partial charge in [0.1, 0.15) is 12.5 Å². The highest BCUT2D eigenvalue weighted by molar-refractivity contribution is 5.86. The maximum Gasteiger partial charge on any atom is 0.328 e. The molecule has 82 valence electrons. The van der Waals surface area contributed by atoms with Gasteiger partial charge in [0, 0.05) is 6.54 Å². The van der Waals surface area contributed by atoms with E-state index in [-0.39, 0.29) is 18.3 Å². The molecule has 0 aromatic carbocycles. The number of esters is 1. The molecule has 0 radical (unpaired) electrons. The van der Waals surface area contributed by atoms with Crippen molar-refractivity contribution >= 4 is 11.9 Å². The number of nitriles is 1. The van der Waals surface area contributed by atoms with Crippen LogP contribution in [0.3, 0.4) is 0 Å². The Labute approximate surface area is 88.6 Å². The minimum Gasteiger partial charge on any atom is -0.464 e. The first-order valence-electron chi connectivity index (χ1n) is 5.03. The minimum absolute atomic E-state index is 0.171. The molecular formula is C10H14N2O3. The molecule has 1 atom stereocenters. The Morgan fingerprint density at radius 2 is 2.33 bits per heavy atom. The Bertz CT molecular complexity index is 296. The molecule has 1 aliphatic heterocycles. The summed E-state index contributed by atoms with van der Waals surface area (Å²) in [5.74, 6) is -0.644. The lowest BCUT2D eigenvalue weighted by molar-refractivity contribution is -0.152. The van der Waals surface area contributed by atoms with Gasteiger partial charge in [-0.15, -0.1) is 0 Å². The van der Waals surface area contributed by atoms with Crippen LogP contribution in [-0.2, 0) is 14.3 Å². The Hall–Kier alpha value is -1.57. The van der Waals surface area contributed by atoms with Crippen molar-refractivity contribution in [2.45, 2.75) is 32.2 Å². The fourth-order valence-corrected chi connectivity index (χ4v) is 1.72. The van der Waals surface area contributed by atoms with Gasteiger partial charge in [0.25, 0.3) is 0 Å². The number of likely N-dealkylation sites (tertiary alicyclic amines) is 1. The van der Waals surface area contributed by atoms with E-state index in [1.165, 1.54) is 4.90 Å². The number of carbonyl (C=O) groups is 2. The molecule has 0 saturated carbocycles. The summed E-state index contributed by atoms with van der Waals surface area (Å²) in [5.41, 5.74) is 0. The van der Waals surface area contributed by atoms with Gasteiger partial charge in [-0.2, -0.15) is 5.26 Å². The summed E-state index contributed by atoms with van der Waals surface area (Å²) in [6.07, 6.45) is 1.26. The van der Waals surface area contributed by atoms with Crippen LogP contribution >= 0.6 is 0 Å². The molecule has 1 aliphatic rings. The van der Waals surface area contributed by atoms with Crippen molar-refractivity contribution in [2.75, 3.05) is 13.2 Å². The van der Waals surface area contributed by atoms with Crippen molar-refractivity contribution in [1.29, 1.82) is 5.26 Å². The Balaban J connectivity index is 2.61. The molecule has 1 heterocycles. The third kappa shape index (κ3) is 2.69. The minimum atomic E-state index is -0.481. The molecule has 0 spiro atoms. The van der Waals surface area contributed by atoms with Crippen molar-refractivity contribution in [3.8, 4) is 6.07 Å². The van der Waals surface area contributed by atoms with Gasteiger partial charge in [-0.1, -0.05) is 0 Å². The van der Waals surface area contributed by atoms with E-state index < -0.39 is 6.04 Å². The molecule has 0 aliphatic carbocycles. The first-order valence-corrected chi connectivity index (χ1v) is 5.03. The van der Waals surface area contributed by atoms with Crippen LogP contribution in [0.4, 0.5) is 0 Å². The second kappa shape index (κ2) is 5.35. The fourth-order valence-electron chi connectivity index (χ4n) is 1.72. The summed E-state index contributed by atoms with van der Waals surface area (Å²) >= 11 is 0. The summed E-state index contributed by atoms with van der Waals surface area (Å²) in [5, 5.41) is 8.41. The van der Waals surface area contributed by atoms with E-state index in [4.69, 9.17) is 10.00 Å². The van der Waals surface area contributed by atoms with Gasteiger partial charge < -0.3 is 9.64 Å².